The van der Waals surface area contributed by atoms with Crippen LogP contribution in [0.25, 0.3) is 0 Å². The number of piperidine rings is 1. The molecule has 0 bridgehead atoms. The second-order valence-electron chi connectivity index (χ2n) is 6.82. The van der Waals surface area contributed by atoms with Gasteiger partial charge in [0, 0.05) is 12.5 Å². The second-order valence-corrected chi connectivity index (χ2v) is 6.82. The van der Waals surface area contributed by atoms with Crippen molar-refractivity contribution in [1.29, 1.82) is 0 Å². The Bertz CT molecular complexity index is 521. The summed E-state index contributed by atoms with van der Waals surface area (Å²) in [6.07, 6.45) is 5.36. The Kier molecular flexibility index (Phi) is 5.55. The summed E-state index contributed by atoms with van der Waals surface area (Å²) in [4.78, 5) is 11.7. The van der Waals surface area contributed by atoms with E-state index in [9.17, 15) is 4.79 Å². The van der Waals surface area contributed by atoms with Gasteiger partial charge in [0.1, 0.15) is 5.75 Å². The molecule has 0 spiro atoms. The first-order chi connectivity index (χ1) is 11.3. The van der Waals surface area contributed by atoms with Crippen LogP contribution in [0.4, 0.5) is 0 Å². The van der Waals surface area contributed by atoms with Gasteiger partial charge >= 0.3 is 5.97 Å². The summed E-state index contributed by atoms with van der Waals surface area (Å²) >= 11 is 0. The van der Waals surface area contributed by atoms with Crippen molar-refractivity contribution in [2.75, 3.05) is 26.8 Å². The Morgan fingerprint density at radius 1 is 1.35 bits per heavy atom. The van der Waals surface area contributed by atoms with Crippen molar-refractivity contribution in [3.05, 3.63) is 29.8 Å². The third kappa shape index (κ3) is 4.71. The van der Waals surface area contributed by atoms with Gasteiger partial charge in [-0.15, -0.1) is 0 Å². The molecule has 2 aliphatic rings. The van der Waals surface area contributed by atoms with Gasteiger partial charge in [0.15, 0.2) is 0 Å². The zero-order chi connectivity index (χ0) is 16.1. The molecule has 0 radical (unpaired) electrons. The Hall–Kier alpha value is -1.55. The fourth-order valence-corrected chi connectivity index (χ4v) is 3.43. The Balaban J connectivity index is 1.61. The molecular formula is C19H27NO3. The minimum Gasteiger partial charge on any atom is -0.493 e. The number of carbonyl (C=O) groups excluding carboxylic acids is 1. The van der Waals surface area contributed by atoms with Crippen molar-refractivity contribution in [1.82, 2.24) is 5.32 Å². The number of esters is 1. The topological polar surface area (TPSA) is 47.6 Å². The van der Waals surface area contributed by atoms with Crippen molar-refractivity contribution >= 4 is 5.97 Å². The van der Waals surface area contributed by atoms with E-state index in [1.54, 1.807) is 0 Å². The van der Waals surface area contributed by atoms with Crippen LogP contribution < -0.4 is 10.1 Å². The third-order valence-electron chi connectivity index (χ3n) is 4.98. The van der Waals surface area contributed by atoms with Gasteiger partial charge in [0.05, 0.1) is 20.1 Å². The number of ether oxygens (including phenoxy) is 2. The van der Waals surface area contributed by atoms with Crippen LogP contribution in [-0.4, -0.2) is 32.8 Å². The molecule has 126 valence electrons. The largest absolute Gasteiger partial charge is 0.493 e. The van der Waals surface area contributed by atoms with Gasteiger partial charge in [-0.2, -0.15) is 0 Å². The smallest absolute Gasteiger partial charge is 0.306 e. The fourth-order valence-electron chi connectivity index (χ4n) is 3.43. The third-order valence-corrected chi connectivity index (χ3v) is 4.98. The van der Waals surface area contributed by atoms with Crippen LogP contribution in [0, 0.1) is 11.8 Å². The average molecular weight is 317 g/mol. The van der Waals surface area contributed by atoms with Crippen molar-refractivity contribution in [2.24, 2.45) is 11.8 Å². The molecule has 4 nitrogen and oxygen atoms in total. The second kappa shape index (κ2) is 7.82. The lowest BCUT2D eigenvalue weighted by molar-refractivity contribution is -0.141. The number of methoxy groups -OCH3 is 1. The summed E-state index contributed by atoms with van der Waals surface area (Å²) < 4.78 is 10.9. The summed E-state index contributed by atoms with van der Waals surface area (Å²) in [6.45, 7) is 2.94. The molecule has 23 heavy (non-hydrogen) atoms. The number of benzene rings is 1. The van der Waals surface area contributed by atoms with Crippen molar-refractivity contribution < 1.29 is 14.3 Å². The Morgan fingerprint density at radius 3 is 2.91 bits per heavy atom. The molecule has 1 aliphatic carbocycles. The molecule has 2 atom stereocenters. The summed E-state index contributed by atoms with van der Waals surface area (Å²) in [6, 6.07) is 8.28. The maximum absolute atomic E-state index is 11.7. The van der Waals surface area contributed by atoms with Gasteiger partial charge in [-0.25, -0.2) is 0 Å². The van der Waals surface area contributed by atoms with Crippen LogP contribution >= 0.6 is 0 Å². The molecule has 1 unspecified atom stereocenters. The van der Waals surface area contributed by atoms with Gasteiger partial charge in [-0.1, -0.05) is 12.1 Å². The first-order valence-electron chi connectivity index (χ1n) is 8.76. The van der Waals surface area contributed by atoms with Crippen LogP contribution in [0.2, 0.25) is 0 Å². The van der Waals surface area contributed by atoms with Crippen molar-refractivity contribution in [3.8, 4) is 5.75 Å². The lowest BCUT2D eigenvalue weighted by Crippen LogP contribution is -2.33. The van der Waals surface area contributed by atoms with E-state index in [-0.39, 0.29) is 11.9 Å². The number of hydrogen-bond acceptors (Lipinski definition) is 4. The predicted octanol–water partition coefficient (Wildman–Crippen LogP) is 3.12. The van der Waals surface area contributed by atoms with E-state index < -0.39 is 0 Å². The summed E-state index contributed by atoms with van der Waals surface area (Å²) in [5.41, 5.74) is 1.21. The molecule has 3 rings (SSSR count). The van der Waals surface area contributed by atoms with Crippen LogP contribution in [0.5, 0.6) is 5.75 Å². The molecule has 1 heterocycles. The van der Waals surface area contributed by atoms with Crippen LogP contribution in [0.3, 0.4) is 0 Å². The summed E-state index contributed by atoms with van der Waals surface area (Å²) in [5.74, 6) is 2.28. The lowest BCUT2D eigenvalue weighted by atomic mass is 9.91. The maximum Gasteiger partial charge on any atom is 0.306 e. The molecule has 1 aromatic carbocycles. The van der Waals surface area contributed by atoms with E-state index in [1.165, 1.54) is 38.4 Å². The quantitative estimate of drug-likeness (QED) is 0.785. The highest BCUT2D eigenvalue weighted by atomic mass is 16.5. The van der Waals surface area contributed by atoms with E-state index in [0.29, 0.717) is 18.3 Å². The molecule has 1 N–H and O–H groups in total. The van der Waals surface area contributed by atoms with Crippen molar-refractivity contribution in [3.63, 3.8) is 0 Å². The highest BCUT2D eigenvalue weighted by Gasteiger charge is 2.34. The molecular weight excluding hydrogens is 290 g/mol. The van der Waals surface area contributed by atoms with Crippen LogP contribution in [0.1, 0.15) is 43.6 Å². The number of rotatable bonds is 7. The van der Waals surface area contributed by atoms with Crippen molar-refractivity contribution in [2.45, 2.75) is 38.0 Å². The van der Waals surface area contributed by atoms with Gasteiger partial charge in [0.2, 0.25) is 0 Å². The van der Waals surface area contributed by atoms with Gasteiger partial charge in [-0.05, 0) is 61.8 Å². The molecule has 1 aliphatic heterocycles. The zero-order valence-electron chi connectivity index (χ0n) is 13.9. The van der Waals surface area contributed by atoms with E-state index in [4.69, 9.17) is 9.47 Å². The highest BCUT2D eigenvalue weighted by Crippen LogP contribution is 2.45. The average Bonchev–Trinajstić information content (AvgIpc) is 3.43. The van der Waals surface area contributed by atoms with E-state index in [2.05, 4.69) is 17.4 Å². The van der Waals surface area contributed by atoms with Crippen LogP contribution in [0.15, 0.2) is 24.3 Å². The minimum atomic E-state index is -0.124. The first-order valence-corrected chi connectivity index (χ1v) is 8.76. The van der Waals surface area contributed by atoms with E-state index in [1.807, 2.05) is 12.1 Å². The fraction of sp³-hybridized carbons (Fsp3) is 0.632. The first kappa shape index (κ1) is 16.3. The standard InChI is InChI=1S/C19H27NO3/c1-22-19(21)11-18(15-7-8-15)16-5-2-6-17(10-16)23-13-14-4-3-9-20-12-14/h2,5-6,10,14-15,18,20H,3-4,7-9,11-13H2,1H3/t14?,18-/m0/s1. The SMILES string of the molecule is COC(=O)C[C@H](c1cccc(OCC2CCCNC2)c1)C1CC1. The maximum atomic E-state index is 11.7. The monoisotopic (exact) mass is 317 g/mol. The van der Waals surface area contributed by atoms with Gasteiger partial charge in [0.25, 0.3) is 0 Å². The number of nitrogens with one attached hydrogen (secondary N) is 1. The van der Waals surface area contributed by atoms with Gasteiger partial charge in [-0.3, -0.25) is 4.79 Å². The zero-order valence-corrected chi connectivity index (χ0v) is 13.9. The van der Waals surface area contributed by atoms with Gasteiger partial charge < -0.3 is 14.8 Å². The highest BCUT2D eigenvalue weighted by molar-refractivity contribution is 5.70. The Morgan fingerprint density at radius 2 is 2.22 bits per heavy atom. The minimum absolute atomic E-state index is 0.124. The molecule has 4 heteroatoms. The molecule has 0 aromatic heterocycles. The summed E-state index contributed by atoms with van der Waals surface area (Å²) in [7, 11) is 1.46. The van der Waals surface area contributed by atoms with Crippen LogP contribution in [-0.2, 0) is 9.53 Å². The molecule has 2 fully saturated rings. The normalized spacial score (nSPS) is 22.4. The van der Waals surface area contributed by atoms with E-state index >= 15 is 0 Å². The number of carbonyl (C=O) groups is 1. The number of hydrogen-bond donors (Lipinski definition) is 1. The Labute approximate surface area is 138 Å². The molecule has 1 saturated carbocycles. The molecule has 0 amide bonds. The molecule has 1 saturated heterocycles. The molecule has 1 aromatic rings. The van der Waals surface area contributed by atoms with E-state index in [0.717, 1.165) is 25.4 Å². The summed E-state index contributed by atoms with van der Waals surface area (Å²) in [5, 5.41) is 3.42. The lowest BCUT2D eigenvalue weighted by Gasteiger charge is -2.23. The predicted molar refractivity (Wildman–Crippen MR) is 89.6 cm³/mol.